The van der Waals surface area contributed by atoms with Crippen LogP contribution >= 0.6 is 15.9 Å². The summed E-state index contributed by atoms with van der Waals surface area (Å²) < 4.78 is 41.1. The Morgan fingerprint density at radius 2 is 1.56 bits per heavy atom. The zero-order valence-electron chi connectivity index (χ0n) is 10.0. The predicted molar refractivity (Wildman–Crippen MR) is 64.9 cm³/mol. The second-order valence-corrected chi connectivity index (χ2v) is 4.46. The molecule has 1 atom stereocenters. The van der Waals surface area contributed by atoms with Gasteiger partial charge < -0.3 is 19.3 Å². The van der Waals surface area contributed by atoms with Crippen LogP contribution in [-0.2, 0) is 0 Å². The maximum absolute atomic E-state index is 13.0. The molecule has 1 rings (SSSR count). The van der Waals surface area contributed by atoms with Gasteiger partial charge in [-0.05, 0) is 33.6 Å². The maximum Gasteiger partial charge on any atom is 0.330 e. The molecule has 1 aromatic rings. The Morgan fingerprint density at radius 1 is 1.11 bits per heavy atom. The van der Waals surface area contributed by atoms with Gasteiger partial charge in [-0.15, -0.1) is 0 Å². The summed E-state index contributed by atoms with van der Waals surface area (Å²) in [6.07, 6.45) is -2.02. The summed E-state index contributed by atoms with van der Waals surface area (Å²) in [5.41, 5.74) is -0.0497. The second kappa shape index (κ2) is 5.71. The van der Waals surface area contributed by atoms with Crippen LogP contribution in [0.2, 0.25) is 0 Å². The lowest BCUT2D eigenvalue weighted by Gasteiger charge is -2.19. The minimum atomic E-state index is -3.45. The number of benzene rings is 1. The van der Waals surface area contributed by atoms with Crippen molar-refractivity contribution in [3.8, 4) is 17.2 Å². The van der Waals surface area contributed by atoms with E-state index in [4.69, 9.17) is 14.2 Å². The number of methoxy groups -OCH3 is 3. The van der Waals surface area contributed by atoms with Gasteiger partial charge in [0.1, 0.15) is 0 Å². The van der Waals surface area contributed by atoms with Crippen molar-refractivity contribution in [3.05, 3.63) is 17.7 Å². The van der Waals surface area contributed by atoms with E-state index in [0.717, 1.165) is 0 Å². The molecule has 0 aliphatic rings. The average Bonchev–Trinajstić information content (AvgIpc) is 2.34. The largest absolute Gasteiger partial charge is 0.493 e. The summed E-state index contributed by atoms with van der Waals surface area (Å²) >= 11 is 2.11. The third-order valence-corrected chi connectivity index (χ3v) is 2.75. The van der Waals surface area contributed by atoms with E-state index in [9.17, 15) is 13.9 Å². The molecular weight excluding hydrogens is 314 g/mol. The van der Waals surface area contributed by atoms with Gasteiger partial charge in [-0.2, -0.15) is 8.78 Å². The van der Waals surface area contributed by atoms with Gasteiger partial charge in [-0.1, -0.05) is 0 Å². The van der Waals surface area contributed by atoms with E-state index in [0.29, 0.717) is 0 Å². The SMILES string of the molecule is COc1cc(C(O)C(F)(F)Br)cc(OC)c1OC. The van der Waals surface area contributed by atoms with Crippen molar-refractivity contribution in [1.82, 2.24) is 0 Å². The molecule has 0 saturated heterocycles. The first-order chi connectivity index (χ1) is 8.35. The van der Waals surface area contributed by atoms with Gasteiger partial charge in [0.25, 0.3) is 0 Å². The number of rotatable bonds is 5. The van der Waals surface area contributed by atoms with E-state index >= 15 is 0 Å². The van der Waals surface area contributed by atoms with E-state index in [2.05, 4.69) is 15.9 Å². The maximum atomic E-state index is 13.0. The Hall–Kier alpha value is -1.08. The Kier molecular flexibility index (Phi) is 4.75. The first-order valence-corrected chi connectivity index (χ1v) is 5.69. The molecule has 0 spiro atoms. The normalized spacial score (nSPS) is 13.1. The first kappa shape index (κ1) is 15.0. The molecule has 102 valence electrons. The standard InChI is InChI=1S/C11H13BrF2O4/c1-16-7-4-6(10(15)11(12,13)14)5-8(17-2)9(7)18-3/h4-5,10,15H,1-3H3. The molecule has 1 aromatic carbocycles. The lowest BCUT2D eigenvalue weighted by molar-refractivity contribution is -0.0296. The lowest BCUT2D eigenvalue weighted by atomic mass is 10.1. The number of hydrogen-bond donors (Lipinski definition) is 1. The molecule has 0 bridgehead atoms. The van der Waals surface area contributed by atoms with Gasteiger partial charge in [0, 0.05) is 0 Å². The van der Waals surface area contributed by atoms with Crippen molar-refractivity contribution in [3.63, 3.8) is 0 Å². The summed E-state index contributed by atoms with van der Waals surface area (Å²) in [6.45, 7) is 0. The summed E-state index contributed by atoms with van der Waals surface area (Å²) in [5.74, 6) is 0.666. The first-order valence-electron chi connectivity index (χ1n) is 4.89. The highest BCUT2D eigenvalue weighted by Crippen LogP contribution is 2.43. The summed E-state index contributed by atoms with van der Waals surface area (Å²) in [4.78, 5) is -3.45. The van der Waals surface area contributed by atoms with E-state index in [1.165, 1.54) is 33.5 Å². The van der Waals surface area contributed by atoms with Crippen LogP contribution in [0.25, 0.3) is 0 Å². The van der Waals surface area contributed by atoms with Crippen LogP contribution in [0, 0.1) is 0 Å². The molecule has 0 radical (unpaired) electrons. The van der Waals surface area contributed by atoms with Crippen LogP contribution in [0.1, 0.15) is 11.7 Å². The zero-order chi connectivity index (χ0) is 13.9. The average molecular weight is 327 g/mol. The van der Waals surface area contributed by atoms with Gasteiger partial charge in [0.15, 0.2) is 17.6 Å². The zero-order valence-corrected chi connectivity index (χ0v) is 11.6. The van der Waals surface area contributed by atoms with Gasteiger partial charge in [0.05, 0.1) is 21.3 Å². The number of aliphatic hydroxyl groups is 1. The Morgan fingerprint density at radius 3 is 1.83 bits per heavy atom. The fraction of sp³-hybridized carbons (Fsp3) is 0.455. The van der Waals surface area contributed by atoms with E-state index in [1.54, 1.807) is 0 Å². The number of aliphatic hydroxyl groups excluding tert-OH is 1. The van der Waals surface area contributed by atoms with Crippen molar-refractivity contribution in [2.24, 2.45) is 0 Å². The van der Waals surface area contributed by atoms with Crippen LogP contribution in [-0.4, -0.2) is 31.3 Å². The molecule has 4 nitrogen and oxygen atoms in total. The van der Waals surface area contributed by atoms with Crippen LogP contribution in [0.3, 0.4) is 0 Å². The number of alkyl halides is 3. The number of ether oxygens (including phenoxy) is 3. The van der Waals surface area contributed by atoms with Crippen molar-refractivity contribution in [1.29, 1.82) is 0 Å². The third kappa shape index (κ3) is 3.02. The quantitative estimate of drug-likeness (QED) is 0.845. The molecule has 0 amide bonds. The Labute approximate surface area is 112 Å². The minimum Gasteiger partial charge on any atom is -0.493 e. The molecule has 18 heavy (non-hydrogen) atoms. The Bertz CT molecular complexity index is 395. The monoisotopic (exact) mass is 326 g/mol. The number of hydrogen-bond acceptors (Lipinski definition) is 4. The van der Waals surface area contributed by atoms with Crippen molar-refractivity contribution in [2.75, 3.05) is 21.3 Å². The third-order valence-electron chi connectivity index (χ3n) is 2.31. The molecular formula is C11H13BrF2O4. The van der Waals surface area contributed by atoms with Crippen LogP contribution in [0.5, 0.6) is 17.2 Å². The topological polar surface area (TPSA) is 47.9 Å². The molecule has 0 aromatic heterocycles. The van der Waals surface area contributed by atoms with Crippen LogP contribution in [0.15, 0.2) is 12.1 Å². The summed E-state index contributed by atoms with van der Waals surface area (Å²) in [5, 5.41) is 9.51. The number of halogens is 3. The van der Waals surface area contributed by atoms with E-state index in [-0.39, 0.29) is 22.8 Å². The molecule has 0 fully saturated rings. The summed E-state index contributed by atoms with van der Waals surface area (Å²) in [6, 6.07) is 2.53. The second-order valence-electron chi connectivity index (χ2n) is 3.40. The fourth-order valence-electron chi connectivity index (χ4n) is 1.45. The lowest BCUT2D eigenvalue weighted by Crippen LogP contribution is -2.18. The molecule has 1 unspecified atom stereocenters. The molecule has 0 heterocycles. The van der Waals surface area contributed by atoms with Gasteiger partial charge in [-0.25, -0.2) is 0 Å². The van der Waals surface area contributed by atoms with E-state index in [1.807, 2.05) is 0 Å². The highest BCUT2D eigenvalue weighted by Gasteiger charge is 2.37. The molecule has 0 aliphatic heterocycles. The predicted octanol–water partition coefficient (Wildman–Crippen LogP) is 2.73. The van der Waals surface area contributed by atoms with Crippen molar-refractivity contribution >= 4 is 15.9 Å². The fourth-order valence-corrected chi connectivity index (χ4v) is 1.71. The molecule has 0 saturated carbocycles. The van der Waals surface area contributed by atoms with Crippen molar-refractivity contribution in [2.45, 2.75) is 10.9 Å². The van der Waals surface area contributed by atoms with Gasteiger partial charge in [-0.3, -0.25) is 0 Å². The smallest absolute Gasteiger partial charge is 0.330 e. The highest BCUT2D eigenvalue weighted by atomic mass is 79.9. The van der Waals surface area contributed by atoms with Crippen LogP contribution in [0.4, 0.5) is 8.78 Å². The van der Waals surface area contributed by atoms with Gasteiger partial charge in [0.2, 0.25) is 5.75 Å². The van der Waals surface area contributed by atoms with E-state index < -0.39 is 10.9 Å². The molecule has 7 heteroatoms. The minimum absolute atomic E-state index is 0.0497. The Balaban J connectivity index is 3.32. The molecule has 1 N–H and O–H groups in total. The summed E-state index contributed by atoms with van der Waals surface area (Å²) in [7, 11) is 4.12. The highest BCUT2D eigenvalue weighted by molar-refractivity contribution is 9.10. The van der Waals surface area contributed by atoms with Gasteiger partial charge >= 0.3 is 4.83 Å². The van der Waals surface area contributed by atoms with Crippen LogP contribution < -0.4 is 14.2 Å². The molecule has 0 aliphatic carbocycles. The van der Waals surface area contributed by atoms with Crippen molar-refractivity contribution < 1.29 is 28.1 Å².